The molecule has 136 valence electrons. The van der Waals surface area contributed by atoms with Crippen LogP contribution in [0.25, 0.3) is 0 Å². The number of ether oxygens (including phenoxy) is 3. The molecule has 3 aliphatic rings. The molecule has 0 spiro atoms. The first-order chi connectivity index (χ1) is 11.1. The summed E-state index contributed by atoms with van der Waals surface area (Å²) in [5, 5.41) is 0. The van der Waals surface area contributed by atoms with E-state index in [4.69, 9.17) is 14.2 Å². The van der Waals surface area contributed by atoms with Gasteiger partial charge in [-0.05, 0) is 59.3 Å². The lowest BCUT2D eigenvalue weighted by Crippen LogP contribution is -2.44. The predicted octanol–water partition coefficient (Wildman–Crippen LogP) is 2.74. The Labute approximate surface area is 143 Å². The minimum absolute atomic E-state index is 0.134. The molecule has 2 saturated heterocycles. The maximum absolute atomic E-state index is 12.2. The molecule has 0 aromatic heterocycles. The van der Waals surface area contributed by atoms with Gasteiger partial charge in [0.15, 0.2) is 11.6 Å². The highest BCUT2D eigenvalue weighted by Gasteiger charge is 2.55. The lowest BCUT2D eigenvalue weighted by atomic mass is 9.82. The number of fused-ring (bicyclic) bond motifs is 1. The zero-order valence-corrected chi connectivity index (χ0v) is 15.3. The van der Waals surface area contributed by atoms with Gasteiger partial charge in [0.1, 0.15) is 11.7 Å². The van der Waals surface area contributed by atoms with Crippen molar-refractivity contribution in [3.63, 3.8) is 0 Å². The lowest BCUT2D eigenvalue weighted by molar-refractivity contribution is -0.165. The molecule has 3 atom stereocenters. The molecular weight excluding hydrogens is 310 g/mol. The maximum atomic E-state index is 12.2. The van der Waals surface area contributed by atoms with Crippen molar-refractivity contribution in [1.29, 1.82) is 0 Å². The van der Waals surface area contributed by atoms with Gasteiger partial charge in [0.2, 0.25) is 0 Å². The van der Waals surface area contributed by atoms with Crippen LogP contribution in [0.15, 0.2) is 0 Å². The molecule has 0 aromatic rings. The molecule has 0 N–H and O–H groups in total. The van der Waals surface area contributed by atoms with E-state index in [1.165, 1.54) is 0 Å². The lowest BCUT2D eigenvalue weighted by Gasteiger charge is -2.36. The number of hydrogen-bond donors (Lipinski definition) is 0. The number of likely N-dealkylation sites (tertiary alicyclic amines) is 1. The third-order valence-electron chi connectivity index (χ3n) is 5.10. The van der Waals surface area contributed by atoms with Crippen molar-refractivity contribution in [2.45, 2.75) is 77.5 Å². The molecule has 0 bridgehead atoms. The van der Waals surface area contributed by atoms with Crippen LogP contribution in [-0.4, -0.2) is 53.5 Å². The summed E-state index contributed by atoms with van der Waals surface area (Å²) >= 11 is 0. The minimum atomic E-state index is -0.680. The van der Waals surface area contributed by atoms with Crippen molar-refractivity contribution in [2.75, 3.05) is 13.1 Å². The Bertz CT molecular complexity index is 516. The first-order valence-corrected chi connectivity index (χ1v) is 8.92. The summed E-state index contributed by atoms with van der Waals surface area (Å²) in [6.07, 6.45) is 1.50. The quantitative estimate of drug-likeness (QED) is 0.735. The van der Waals surface area contributed by atoms with Gasteiger partial charge in [0.05, 0.1) is 6.10 Å². The van der Waals surface area contributed by atoms with Gasteiger partial charge in [-0.25, -0.2) is 4.79 Å². The average Bonchev–Trinajstić information content (AvgIpc) is 2.92. The Morgan fingerprint density at radius 3 is 2.42 bits per heavy atom. The van der Waals surface area contributed by atoms with Crippen LogP contribution < -0.4 is 0 Å². The van der Waals surface area contributed by atoms with Gasteiger partial charge in [0.25, 0.3) is 0 Å². The van der Waals surface area contributed by atoms with E-state index in [2.05, 4.69) is 0 Å². The molecule has 6 nitrogen and oxygen atoms in total. The SMILES string of the molecule is CC(C)(C)OC(=O)N1CCC([C@H]2CC(=O)[C@@H]3OC(C)(C)O[C@H]23)CC1. The monoisotopic (exact) mass is 339 g/mol. The Hall–Kier alpha value is -1.14. The van der Waals surface area contributed by atoms with Crippen LogP contribution in [0.5, 0.6) is 0 Å². The number of Topliss-reactive ketones (excluding diaryl/α,β-unsaturated/α-hetero) is 1. The Morgan fingerprint density at radius 1 is 1.21 bits per heavy atom. The van der Waals surface area contributed by atoms with Crippen LogP contribution in [0.1, 0.15) is 53.9 Å². The number of amides is 1. The predicted molar refractivity (Wildman–Crippen MR) is 87.5 cm³/mol. The van der Waals surface area contributed by atoms with Crippen LogP contribution in [-0.2, 0) is 19.0 Å². The van der Waals surface area contributed by atoms with Crippen LogP contribution >= 0.6 is 0 Å². The smallest absolute Gasteiger partial charge is 0.410 e. The van der Waals surface area contributed by atoms with E-state index in [0.29, 0.717) is 25.4 Å². The molecule has 3 rings (SSSR count). The molecular formula is C18H29NO5. The third-order valence-corrected chi connectivity index (χ3v) is 5.10. The van der Waals surface area contributed by atoms with Crippen molar-refractivity contribution in [2.24, 2.45) is 11.8 Å². The fourth-order valence-corrected chi connectivity index (χ4v) is 4.09. The van der Waals surface area contributed by atoms with E-state index >= 15 is 0 Å². The van der Waals surface area contributed by atoms with Crippen LogP contribution in [0.3, 0.4) is 0 Å². The van der Waals surface area contributed by atoms with Crippen molar-refractivity contribution >= 4 is 11.9 Å². The Kier molecular flexibility index (Phi) is 4.41. The third kappa shape index (κ3) is 3.59. The molecule has 0 aromatic carbocycles. The highest BCUT2D eigenvalue weighted by molar-refractivity contribution is 5.87. The second-order valence-corrected chi connectivity index (χ2v) is 8.66. The average molecular weight is 339 g/mol. The summed E-state index contributed by atoms with van der Waals surface area (Å²) in [4.78, 5) is 26.2. The number of hydrogen-bond acceptors (Lipinski definition) is 5. The van der Waals surface area contributed by atoms with E-state index in [9.17, 15) is 9.59 Å². The van der Waals surface area contributed by atoms with E-state index < -0.39 is 17.5 Å². The number of ketones is 1. The van der Waals surface area contributed by atoms with E-state index in [-0.39, 0.29) is 23.9 Å². The summed E-state index contributed by atoms with van der Waals surface area (Å²) in [7, 11) is 0. The summed E-state index contributed by atoms with van der Waals surface area (Å²) in [5.41, 5.74) is -0.473. The molecule has 0 unspecified atom stereocenters. The fraction of sp³-hybridized carbons (Fsp3) is 0.889. The van der Waals surface area contributed by atoms with E-state index in [1.54, 1.807) is 4.90 Å². The van der Waals surface area contributed by atoms with Crippen LogP contribution in [0.4, 0.5) is 4.79 Å². The van der Waals surface area contributed by atoms with Crippen molar-refractivity contribution in [3.05, 3.63) is 0 Å². The summed E-state index contributed by atoms with van der Waals surface area (Å²) < 4.78 is 17.2. The molecule has 1 aliphatic carbocycles. The van der Waals surface area contributed by atoms with Crippen LogP contribution in [0, 0.1) is 11.8 Å². The maximum Gasteiger partial charge on any atom is 0.410 e. The zero-order chi connectivity index (χ0) is 17.7. The standard InChI is InChI=1S/C18H29NO5/c1-17(2,3)24-16(21)19-8-6-11(7-9-19)12-10-13(20)15-14(12)22-18(4,5)23-15/h11-12,14-15H,6-10H2,1-5H3/t12-,14-,15+/m1/s1. The van der Waals surface area contributed by atoms with Crippen molar-refractivity contribution in [1.82, 2.24) is 4.90 Å². The van der Waals surface area contributed by atoms with Gasteiger partial charge in [-0.3, -0.25) is 4.79 Å². The molecule has 1 amide bonds. The second kappa shape index (κ2) is 5.99. The van der Waals surface area contributed by atoms with Crippen LogP contribution in [0.2, 0.25) is 0 Å². The van der Waals surface area contributed by atoms with Gasteiger partial charge in [-0.1, -0.05) is 0 Å². The Balaban J connectivity index is 1.57. The first kappa shape index (κ1) is 17.7. The fourth-order valence-electron chi connectivity index (χ4n) is 4.09. The number of nitrogens with zero attached hydrogens (tertiary/aromatic N) is 1. The Morgan fingerprint density at radius 2 is 1.83 bits per heavy atom. The first-order valence-electron chi connectivity index (χ1n) is 8.92. The second-order valence-electron chi connectivity index (χ2n) is 8.66. The molecule has 2 aliphatic heterocycles. The molecule has 2 heterocycles. The highest BCUT2D eigenvalue weighted by atomic mass is 16.8. The summed E-state index contributed by atoms with van der Waals surface area (Å²) in [5.74, 6) is 0.0660. The molecule has 6 heteroatoms. The number of carbonyl (C=O) groups excluding carboxylic acids is 2. The van der Waals surface area contributed by atoms with Gasteiger partial charge >= 0.3 is 6.09 Å². The van der Waals surface area contributed by atoms with Gasteiger partial charge < -0.3 is 19.1 Å². The molecule has 0 radical (unpaired) electrons. The highest BCUT2D eigenvalue weighted by Crippen LogP contribution is 2.45. The summed E-state index contributed by atoms with van der Waals surface area (Å²) in [6.45, 7) is 10.7. The van der Waals surface area contributed by atoms with Gasteiger partial charge in [-0.15, -0.1) is 0 Å². The van der Waals surface area contributed by atoms with Gasteiger partial charge in [0, 0.05) is 19.5 Å². The van der Waals surface area contributed by atoms with E-state index in [1.807, 2.05) is 34.6 Å². The largest absolute Gasteiger partial charge is 0.444 e. The number of piperidine rings is 1. The minimum Gasteiger partial charge on any atom is -0.444 e. The van der Waals surface area contributed by atoms with E-state index in [0.717, 1.165) is 12.8 Å². The molecule has 24 heavy (non-hydrogen) atoms. The summed E-state index contributed by atoms with van der Waals surface area (Å²) in [6, 6.07) is 0. The van der Waals surface area contributed by atoms with Crippen molar-refractivity contribution in [3.8, 4) is 0 Å². The van der Waals surface area contributed by atoms with Gasteiger partial charge in [-0.2, -0.15) is 0 Å². The number of carbonyl (C=O) groups is 2. The normalized spacial score (nSPS) is 33.6. The molecule has 3 fully saturated rings. The topological polar surface area (TPSA) is 65.1 Å². The zero-order valence-electron chi connectivity index (χ0n) is 15.3. The number of rotatable bonds is 1. The van der Waals surface area contributed by atoms with Crippen molar-refractivity contribution < 1.29 is 23.8 Å². The molecule has 1 saturated carbocycles.